The van der Waals surface area contributed by atoms with Crippen molar-refractivity contribution in [1.29, 1.82) is 0 Å². The number of aliphatic carboxylic acids is 1. The Hall–Kier alpha value is -3.20. The zero-order valence-corrected chi connectivity index (χ0v) is 25.6. The van der Waals surface area contributed by atoms with Crippen molar-refractivity contribution in [2.75, 3.05) is 13.2 Å². The standard InChI is InChI=1S/C31H40O17/c1-12-17(8-15-16(28(41)42)11-43-29(21(12)15)48-31-27(40)25(38)23(36)19(10-33)47-31)45-20(34)7-4-13-2-5-14(6-3-13)44-30-26(39)24(37)22(35)18(9-32)46-30/h2-7,11-12,15,17-19,21-27,29-33,35-40H,8-10H2,1H3,(H,41,42)/t12-,15+,17-,18+,19+,21+,22+,23+,24-,25-,26+,27+,29-,30+,31-/m0/s1. The Balaban J connectivity index is 1.20. The van der Waals surface area contributed by atoms with Gasteiger partial charge in [-0.15, -0.1) is 0 Å². The van der Waals surface area contributed by atoms with Gasteiger partial charge >= 0.3 is 11.9 Å². The highest BCUT2D eigenvalue weighted by molar-refractivity contribution is 5.88. The summed E-state index contributed by atoms with van der Waals surface area (Å²) >= 11 is 0. The third-order valence-electron chi connectivity index (χ3n) is 9.21. The van der Waals surface area contributed by atoms with Crippen LogP contribution in [0.3, 0.4) is 0 Å². The molecule has 3 heterocycles. The van der Waals surface area contributed by atoms with E-state index in [0.717, 1.165) is 6.26 Å². The van der Waals surface area contributed by atoms with E-state index in [9.17, 15) is 55.5 Å². The number of hydrogen-bond donors (Lipinski definition) is 9. The summed E-state index contributed by atoms with van der Waals surface area (Å²) in [6.45, 7) is 0.443. The van der Waals surface area contributed by atoms with Crippen LogP contribution in [0.2, 0.25) is 0 Å². The van der Waals surface area contributed by atoms with Crippen molar-refractivity contribution in [3.63, 3.8) is 0 Å². The van der Waals surface area contributed by atoms with Crippen molar-refractivity contribution in [1.82, 2.24) is 0 Å². The maximum atomic E-state index is 12.8. The Kier molecular flexibility index (Phi) is 11.4. The maximum absolute atomic E-state index is 12.8. The van der Waals surface area contributed by atoms with Crippen molar-refractivity contribution < 1.29 is 84.0 Å². The molecule has 1 saturated carbocycles. The smallest absolute Gasteiger partial charge is 0.334 e. The first-order valence-corrected chi connectivity index (χ1v) is 15.3. The van der Waals surface area contributed by atoms with Crippen LogP contribution in [0.5, 0.6) is 5.75 Å². The average molecular weight is 685 g/mol. The van der Waals surface area contributed by atoms with Gasteiger partial charge < -0.3 is 74.4 Å². The Morgan fingerprint density at radius 1 is 0.833 bits per heavy atom. The highest BCUT2D eigenvalue weighted by Gasteiger charge is 2.54. The Morgan fingerprint density at radius 2 is 1.42 bits per heavy atom. The summed E-state index contributed by atoms with van der Waals surface area (Å²) in [6, 6.07) is 6.17. The fourth-order valence-electron chi connectivity index (χ4n) is 6.44. The molecule has 17 heteroatoms. The van der Waals surface area contributed by atoms with Crippen molar-refractivity contribution in [3.05, 3.63) is 47.7 Å². The number of ether oxygens (including phenoxy) is 6. The Morgan fingerprint density at radius 3 is 2.00 bits per heavy atom. The number of carbonyl (C=O) groups is 2. The lowest BCUT2D eigenvalue weighted by molar-refractivity contribution is -0.342. The second-order valence-electron chi connectivity index (χ2n) is 12.2. The van der Waals surface area contributed by atoms with Gasteiger partial charge in [-0.1, -0.05) is 19.1 Å². The quantitative estimate of drug-likeness (QED) is 0.0890. The van der Waals surface area contributed by atoms with Crippen LogP contribution in [-0.4, -0.2) is 145 Å². The molecule has 0 spiro atoms. The normalized spacial score (nSPS) is 41.3. The van der Waals surface area contributed by atoms with Gasteiger partial charge in [0.1, 0.15) is 60.7 Å². The molecule has 9 N–H and O–H groups in total. The Bertz CT molecular complexity index is 1330. The molecule has 1 aromatic rings. The minimum atomic E-state index is -1.71. The molecule has 0 amide bonds. The van der Waals surface area contributed by atoms with Gasteiger partial charge in [0.05, 0.1) is 25.0 Å². The van der Waals surface area contributed by atoms with E-state index in [-0.39, 0.29) is 17.7 Å². The van der Waals surface area contributed by atoms with E-state index in [2.05, 4.69) is 0 Å². The first kappa shape index (κ1) is 36.1. The van der Waals surface area contributed by atoms with Gasteiger partial charge in [-0.2, -0.15) is 0 Å². The number of rotatable bonds is 10. The largest absolute Gasteiger partial charge is 0.478 e. The minimum absolute atomic E-state index is 0.0689. The molecule has 0 bridgehead atoms. The topological polar surface area (TPSA) is 272 Å². The fraction of sp³-hybridized carbons (Fsp3) is 0.613. The molecule has 48 heavy (non-hydrogen) atoms. The van der Waals surface area contributed by atoms with Crippen molar-refractivity contribution in [3.8, 4) is 5.75 Å². The van der Waals surface area contributed by atoms with Gasteiger partial charge in [-0.25, -0.2) is 9.59 Å². The van der Waals surface area contributed by atoms with E-state index in [1.165, 1.54) is 24.3 Å². The van der Waals surface area contributed by atoms with Crippen molar-refractivity contribution in [2.45, 2.75) is 87.2 Å². The third-order valence-corrected chi connectivity index (χ3v) is 9.21. The predicted molar refractivity (Wildman–Crippen MR) is 156 cm³/mol. The number of fused-ring (bicyclic) bond motifs is 1. The number of carbonyl (C=O) groups excluding carboxylic acids is 1. The number of benzene rings is 1. The fourth-order valence-corrected chi connectivity index (χ4v) is 6.44. The summed E-state index contributed by atoms with van der Waals surface area (Å²) in [7, 11) is 0. The molecule has 0 radical (unpaired) electrons. The lowest BCUT2D eigenvalue weighted by Crippen LogP contribution is -2.60. The monoisotopic (exact) mass is 684 g/mol. The van der Waals surface area contributed by atoms with Crippen LogP contribution in [0.1, 0.15) is 18.9 Å². The average Bonchev–Trinajstić information content (AvgIpc) is 3.40. The van der Waals surface area contributed by atoms with Crippen LogP contribution in [0.15, 0.2) is 42.2 Å². The van der Waals surface area contributed by atoms with E-state index < -0.39 is 117 Å². The minimum Gasteiger partial charge on any atom is -0.478 e. The summed E-state index contributed by atoms with van der Waals surface area (Å²) in [5.41, 5.74) is 0.486. The van der Waals surface area contributed by atoms with Crippen LogP contribution in [0.25, 0.3) is 6.08 Å². The number of esters is 1. The Labute approximate surface area is 273 Å². The first-order chi connectivity index (χ1) is 22.8. The van der Waals surface area contributed by atoms with Crippen LogP contribution >= 0.6 is 0 Å². The molecule has 17 nitrogen and oxygen atoms in total. The van der Waals surface area contributed by atoms with Crippen LogP contribution in [0, 0.1) is 17.8 Å². The molecule has 3 aliphatic heterocycles. The maximum Gasteiger partial charge on any atom is 0.334 e. The number of aliphatic hydroxyl groups is 8. The van der Waals surface area contributed by atoms with Crippen molar-refractivity contribution >= 4 is 18.0 Å². The summed E-state index contributed by atoms with van der Waals surface area (Å²) in [5, 5.41) is 89.3. The van der Waals surface area contributed by atoms with E-state index >= 15 is 0 Å². The van der Waals surface area contributed by atoms with Crippen LogP contribution in [0.4, 0.5) is 0 Å². The number of carboxylic acids is 1. The SMILES string of the molecule is C[C@@H]1[C@H]2[C@H](O[C@@H]3O[C@H](CO)[C@@H](O)[C@H](O)[C@H]3O)OC=C(C(=O)O)[C@H]2C[C@@H]1OC(=O)C=Cc1ccc(O[C@@H]2O[C@H](CO)[C@@H](O)[C@H](O)[C@H]2O)cc1. The molecule has 4 aliphatic rings. The molecule has 0 aromatic heterocycles. The lowest BCUT2D eigenvalue weighted by atomic mass is 9.83. The van der Waals surface area contributed by atoms with Gasteiger partial charge in [0.2, 0.25) is 12.6 Å². The molecule has 5 rings (SSSR count). The van der Waals surface area contributed by atoms with Gasteiger partial charge in [0.15, 0.2) is 6.29 Å². The second-order valence-corrected chi connectivity index (χ2v) is 12.2. The molecule has 0 unspecified atom stereocenters. The van der Waals surface area contributed by atoms with E-state index in [0.29, 0.717) is 5.56 Å². The highest BCUT2D eigenvalue weighted by Crippen LogP contribution is 2.48. The van der Waals surface area contributed by atoms with Crippen molar-refractivity contribution in [2.24, 2.45) is 17.8 Å². The molecule has 15 atom stereocenters. The molecule has 1 aromatic carbocycles. The summed E-state index contributed by atoms with van der Waals surface area (Å²) in [4.78, 5) is 24.8. The number of aliphatic hydroxyl groups excluding tert-OH is 8. The molecule has 1 aliphatic carbocycles. The summed E-state index contributed by atoms with van der Waals surface area (Å²) < 4.78 is 33.4. The molecule has 3 fully saturated rings. The first-order valence-electron chi connectivity index (χ1n) is 15.3. The summed E-state index contributed by atoms with van der Waals surface area (Å²) in [6.07, 6.45) is -13.2. The lowest BCUT2D eigenvalue weighted by Gasteiger charge is -2.43. The highest BCUT2D eigenvalue weighted by atomic mass is 16.8. The molecule has 2 saturated heterocycles. The zero-order valence-electron chi connectivity index (χ0n) is 25.6. The predicted octanol–water partition coefficient (Wildman–Crippen LogP) is -2.80. The number of hydrogen-bond acceptors (Lipinski definition) is 16. The van der Waals surface area contributed by atoms with Gasteiger partial charge in [0, 0.05) is 23.8 Å². The molecular weight excluding hydrogens is 644 g/mol. The van der Waals surface area contributed by atoms with E-state index in [1.807, 2.05) is 0 Å². The van der Waals surface area contributed by atoms with Gasteiger partial charge in [-0.3, -0.25) is 0 Å². The number of carboxylic acid groups (broad SMARTS) is 1. The van der Waals surface area contributed by atoms with Gasteiger partial charge in [0.25, 0.3) is 0 Å². The van der Waals surface area contributed by atoms with Crippen LogP contribution in [-0.2, 0) is 33.3 Å². The third kappa shape index (κ3) is 7.36. The molecule has 266 valence electrons. The van der Waals surface area contributed by atoms with Gasteiger partial charge in [-0.05, 0) is 30.2 Å². The molecular formula is C31H40O17. The van der Waals surface area contributed by atoms with E-state index in [4.69, 9.17) is 28.4 Å². The van der Waals surface area contributed by atoms with Crippen LogP contribution < -0.4 is 4.74 Å². The van der Waals surface area contributed by atoms with E-state index in [1.54, 1.807) is 19.1 Å². The zero-order chi connectivity index (χ0) is 34.9. The summed E-state index contributed by atoms with van der Waals surface area (Å²) in [5.74, 6) is -3.61. The second kappa shape index (κ2) is 15.1.